The Labute approximate surface area is 258 Å². The lowest BCUT2D eigenvalue weighted by atomic mass is 9.92. The maximum Gasteiger partial charge on any atom is 0.406 e. The number of hydrogen-bond acceptors (Lipinski definition) is 8. The standard InChI is InChI=1S/C30H33F4N5O5S/c1-18-13-38(20-14-44-15-20)8-6-23(18)37-29(40)21-9-19(10-25-28(21)36-17-39(25)16-30(32,33)34)5-4-7-35-24-12-27(45(3,41)42)22(31)11-26(24)43-2/h9-12,17-18,20,23,35H,6-8,13-16H2,1-3H3,(H,37,40)/t18-,23-/m0/s1. The lowest BCUT2D eigenvalue weighted by Gasteiger charge is -2.44. The van der Waals surface area contributed by atoms with Gasteiger partial charge in [0.2, 0.25) is 0 Å². The fourth-order valence-electron chi connectivity index (χ4n) is 5.54. The zero-order valence-electron chi connectivity index (χ0n) is 24.9. The van der Waals surface area contributed by atoms with Gasteiger partial charge in [-0.15, -0.1) is 0 Å². The number of aromatic nitrogens is 2. The van der Waals surface area contributed by atoms with Crippen LogP contribution in [0.5, 0.6) is 5.75 Å². The van der Waals surface area contributed by atoms with Gasteiger partial charge in [0.1, 0.15) is 28.5 Å². The van der Waals surface area contributed by atoms with Gasteiger partial charge in [0.25, 0.3) is 5.91 Å². The first-order chi connectivity index (χ1) is 21.2. The van der Waals surface area contributed by atoms with Crippen molar-refractivity contribution < 1.29 is 40.2 Å². The van der Waals surface area contributed by atoms with E-state index in [1.165, 1.54) is 19.2 Å². The molecule has 1 amide bonds. The molecule has 0 aliphatic carbocycles. The summed E-state index contributed by atoms with van der Waals surface area (Å²) in [5.74, 6) is 4.45. The number of carbonyl (C=O) groups is 1. The zero-order chi connectivity index (χ0) is 32.5. The highest BCUT2D eigenvalue weighted by atomic mass is 32.2. The van der Waals surface area contributed by atoms with E-state index < -0.39 is 39.2 Å². The van der Waals surface area contributed by atoms with E-state index >= 15 is 0 Å². The van der Waals surface area contributed by atoms with Crippen LogP contribution >= 0.6 is 0 Å². The molecule has 10 nitrogen and oxygen atoms in total. The molecule has 0 unspecified atom stereocenters. The first-order valence-corrected chi connectivity index (χ1v) is 16.1. The maximum atomic E-state index is 14.3. The molecule has 0 saturated carbocycles. The van der Waals surface area contributed by atoms with Crippen molar-refractivity contribution >= 4 is 32.5 Å². The van der Waals surface area contributed by atoms with Crippen molar-refractivity contribution in [1.29, 1.82) is 0 Å². The van der Waals surface area contributed by atoms with Crippen LogP contribution in [0, 0.1) is 23.6 Å². The number of sulfone groups is 1. The van der Waals surface area contributed by atoms with Gasteiger partial charge in [0, 0.05) is 37.0 Å². The third kappa shape index (κ3) is 7.51. The Kier molecular flexibility index (Phi) is 9.29. The number of carbonyl (C=O) groups excluding carboxylic acids is 1. The average Bonchev–Trinajstić information content (AvgIpc) is 3.31. The molecule has 3 heterocycles. The Balaban J connectivity index is 1.39. The number of alkyl halides is 3. The van der Waals surface area contributed by atoms with Crippen LogP contribution in [-0.2, 0) is 21.1 Å². The van der Waals surface area contributed by atoms with E-state index in [0.717, 1.165) is 42.4 Å². The van der Waals surface area contributed by atoms with Crippen LogP contribution < -0.4 is 15.4 Å². The summed E-state index contributed by atoms with van der Waals surface area (Å²) in [6, 6.07) is 5.21. The molecule has 45 heavy (non-hydrogen) atoms. The Morgan fingerprint density at radius 2 is 1.98 bits per heavy atom. The van der Waals surface area contributed by atoms with Crippen LogP contribution in [0.2, 0.25) is 0 Å². The highest BCUT2D eigenvalue weighted by Gasteiger charge is 2.34. The molecule has 2 aromatic carbocycles. The van der Waals surface area contributed by atoms with Crippen molar-refractivity contribution in [2.24, 2.45) is 5.92 Å². The molecule has 3 aromatic rings. The highest BCUT2D eigenvalue weighted by molar-refractivity contribution is 7.90. The van der Waals surface area contributed by atoms with Crippen molar-refractivity contribution in [3.63, 3.8) is 0 Å². The number of piperidine rings is 1. The molecule has 2 N–H and O–H groups in total. The number of hydrogen-bond donors (Lipinski definition) is 2. The molecule has 242 valence electrons. The van der Waals surface area contributed by atoms with Crippen molar-refractivity contribution in [3.8, 4) is 17.6 Å². The number of methoxy groups -OCH3 is 1. The molecular weight excluding hydrogens is 618 g/mol. The van der Waals surface area contributed by atoms with Crippen molar-refractivity contribution in [3.05, 3.63) is 47.5 Å². The fraction of sp³-hybridized carbons (Fsp3) is 0.467. The predicted molar refractivity (Wildman–Crippen MR) is 158 cm³/mol. The number of rotatable bonds is 8. The minimum absolute atomic E-state index is 0.0548. The van der Waals surface area contributed by atoms with E-state index in [-0.39, 0.29) is 52.1 Å². The van der Waals surface area contributed by atoms with Gasteiger partial charge in [-0.3, -0.25) is 9.69 Å². The molecule has 1 aromatic heterocycles. The summed E-state index contributed by atoms with van der Waals surface area (Å²) >= 11 is 0. The zero-order valence-corrected chi connectivity index (χ0v) is 25.7. The molecule has 15 heteroatoms. The van der Waals surface area contributed by atoms with Crippen LogP contribution in [0.3, 0.4) is 0 Å². The molecule has 0 radical (unpaired) electrons. The second kappa shape index (κ2) is 12.9. The van der Waals surface area contributed by atoms with Crippen molar-refractivity contribution in [1.82, 2.24) is 19.8 Å². The Morgan fingerprint density at radius 3 is 2.60 bits per heavy atom. The van der Waals surface area contributed by atoms with Gasteiger partial charge < -0.3 is 24.7 Å². The second-order valence-corrected chi connectivity index (χ2v) is 13.3. The SMILES string of the molecule is COc1cc(F)c(S(C)(=O)=O)cc1NCC#Cc1cc(C(=O)N[C@H]2CCN(C3COC3)C[C@@H]2C)c2ncn(CC(F)(F)F)c2c1. The summed E-state index contributed by atoms with van der Waals surface area (Å²) in [4.78, 5) is 19.5. The van der Waals surface area contributed by atoms with Gasteiger partial charge in [0.15, 0.2) is 9.84 Å². The summed E-state index contributed by atoms with van der Waals surface area (Å²) in [6.45, 7) is 3.68. The summed E-state index contributed by atoms with van der Waals surface area (Å²) < 4.78 is 89.5. The van der Waals surface area contributed by atoms with E-state index in [0.29, 0.717) is 25.7 Å². The first-order valence-electron chi connectivity index (χ1n) is 14.2. The predicted octanol–water partition coefficient (Wildman–Crippen LogP) is 3.45. The topological polar surface area (TPSA) is 115 Å². The third-order valence-corrected chi connectivity index (χ3v) is 9.07. The summed E-state index contributed by atoms with van der Waals surface area (Å²) in [7, 11) is -2.56. The van der Waals surface area contributed by atoms with Gasteiger partial charge in [-0.2, -0.15) is 13.2 Å². The van der Waals surface area contributed by atoms with E-state index in [4.69, 9.17) is 9.47 Å². The number of anilines is 1. The Bertz CT molecular complexity index is 1760. The molecule has 2 aliphatic rings. The summed E-state index contributed by atoms with van der Waals surface area (Å²) in [5.41, 5.74) is 0.779. The lowest BCUT2D eigenvalue weighted by molar-refractivity contribution is -0.139. The minimum atomic E-state index is -4.52. The van der Waals surface area contributed by atoms with E-state index in [2.05, 4.69) is 32.4 Å². The molecule has 2 aliphatic heterocycles. The summed E-state index contributed by atoms with van der Waals surface area (Å²) in [5, 5.41) is 5.94. The highest BCUT2D eigenvalue weighted by Crippen LogP contribution is 2.30. The molecule has 5 rings (SSSR count). The number of amides is 1. The smallest absolute Gasteiger partial charge is 0.406 e. The van der Waals surface area contributed by atoms with Crippen molar-refractivity contribution in [2.45, 2.75) is 43.0 Å². The molecule has 2 saturated heterocycles. The van der Waals surface area contributed by atoms with Gasteiger partial charge in [0.05, 0.1) is 56.0 Å². The molecular formula is C30H33F4N5O5S. The molecule has 0 bridgehead atoms. The number of fused-ring (bicyclic) bond motifs is 1. The van der Waals surface area contributed by atoms with Crippen LogP contribution in [0.4, 0.5) is 23.2 Å². The fourth-order valence-corrected chi connectivity index (χ4v) is 6.29. The molecule has 0 spiro atoms. The van der Waals surface area contributed by atoms with Crippen LogP contribution in [0.25, 0.3) is 11.0 Å². The van der Waals surface area contributed by atoms with E-state index in [1.54, 1.807) is 0 Å². The lowest BCUT2D eigenvalue weighted by Crippen LogP contribution is -2.57. The van der Waals surface area contributed by atoms with Gasteiger partial charge in [-0.25, -0.2) is 17.8 Å². The van der Waals surface area contributed by atoms with Crippen LogP contribution in [-0.4, -0.2) is 93.2 Å². The molecule has 2 atom stereocenters. The van der Waals surface area contributed by atoms with E-state index in [9.17, 15) is 30.8 Å². The number of ether oxygens (including phenoxy) is 2. The average molecular weight is 652 g/mol. The number of benzene rings is 2. The van der Waals surface area contributed by atoms with Gasteiger partial charge >= 0.3 is 6.18 Å². The van der Waals surface area contributed by atoms with Crippen LogP contribution in [0.15, 0.2) is 35.5 Å². The summed E-state index contributed by atoms with van der Waals surface area (Å²) in [6.07, 6.45) is -1.87. The number of likely N-dealkylation sites (tertiary alicyclic amines) is 1. The maximum absolute atomic E-state index is 14.3. The van der Waals surface area contributed by atoms with E-state index in [1.807, 2.05) is 6.92 Å². The Morgan fingerprint density at radius 1 is 1.22 bits per heavy atom. The van der Waals surface area contributed by atoms with Crippen molar-refractivity contribution in [2.75, 3.05) is 51.5 Å². The Hall–Kier alpha value is -3.87. The quantitative estimate of drug-likeness (QED) is 0.281. The largest absolute Gasteiger partial charge is 0.494 e. The third-order valence-electron chi connectivity index (χ3n) is 7.96. The number of nitrogens with zero attached hydrogens (tertiary/aromatic N) is 3. The first kappa shape index (κ1) is 32.5. The molecule has 2 fully saturated rings. The minimum Gasteiger partial charge on any atom is -0.494 e. The number of halogens is 4. The number of nitrogens with one attached hydrogen (secondary N) is 2. The van der Waals surface area contributed by atoms with Gasteiger partial charge in [-0.05, 0) is 30.5 Å². The van der Waals surface area contributed by atoms with Crippen LogP contribution in [0.1, 0.15) is 29.3 Å². The number of imidazole rings is 1. The van der Waals surface area contributed by atoms with Gasteiger partial charge in [-0.1, -0.05) is 18.8 Å². The second-order valence-electron chi connectivity index (χ2n) is 11.3. The monoisotopic (exact) mass is 651 g/mol. The normalized spacial score (nSPS) is 19.4.